The number of aryl methyl sites for hydroxylation is 1. The highest BCUT2D eigenvalue weighted by molar-refractivity contribution is 5.82. The van der Waals surface area contributed by atoms with Gasteiger partial charge in [0.25, 0.3) is 0 Å². The Bertz CT molecular complexity index is 626. The minimum atomic E-state index is -0.123. The van der Waals surface area contributed by atoms with Gasteiger partial charge in [-0.1, -0.05) is 25.1 Å². The average molecular weight is 284 g/mol. The number of aliphatic hydroxyl groups excluding tert-OH is 1. The Balaban J connectivity index is 1.85. The first kappa shape index (κ1) is 14.5. The molecule has 3 heteroatoms. The van der Waals surface area contributed by atoms with E-state index in [0.29, 0.717) is 5.92 Å². The van der Waals surface area contributed by atoms with Crippen LogP contribution >= 0.6 is 0 Å². The molecule has 0 amide bonds. The summed E-state index contributed by atoms with van der Waals surface area (Å²) >= 11 is 0. The van der Waals surface area contributed by atoms with Crippen molar-refractivity contribution >= 4 is 10.9 Å². The number of benzene rings is 1. The highest BCUT2D eigenvalue weighted by atomic mass is 16.3. The minimum Gasteiger partial charge on any atom is -0.393 e. The Morgan fingerprint density at radius 3 is 2.95 bits per heavy atom. The van der Waals surface area contributed by atoms with Crippen LogP contribution in [0, 0.1) is 12.8 Å². The molecule has 2 unspecified atom stereocenters. The summed E-state index contributed by atoms with van der Waals surface area (Å²) in [7, 11) is 0. The van der Waals surface area contributed by atoms with Crippen molar-refractivity contribution in [2.75, 3.05) is 13.1 Å². The lowest BCUT2D eigenvalue weighted by atomic mass is 9.92. The largest absolute Gasteiger partial charge is 0.393 e. The van der Waals surface area contributed by atoms with Crippen LogP contribution in [0.1, 0.15) is 31.0 Å². The van der Waals surface area contributed by atoms with Crippen LogP contribution in [0.3, 0.4) is 0 Å². The van der Waals surface area contributed by atoms with Crippen LogP contribution in [0.15, 0.2) is 30.3 Å². The summed E-state index contributed by atoms with van der Waals surface area (Å²) in [4.78, 5) is 7.09. The molecule has 0 aliphatic carbocycles. The fraction of sp³-hybridized carbons (Fsp3) is 0.500. The standard InChI is InChI=1S/C18H24N2O/c1-3-14-11-20(9-8-18(14)21)12-15-10-13(2)19-17-7-5-4-6-16(15)17/h4-7,10,14,18,21H,3,8-9,11-12H2,1-2H3. The van der Waals surface area contributed by atoms with Gasteiger partial charge in [-0.3, -0.25) is 9.88 Å². The highest BCUT2D eigenvalue weighted by Gasteiger charge is 2.26. The zero-order valence-electron chi connectivity index (χ0n) is 12.9. The number of pyridine rings is 1. The van der Waals surface area contributed by atoms with E-state index in [2.05, 4.69) is 48.0 Å². The fourth-order valence-electron chi connectivity index (χ4n) is 3.41. The molecule has 3 rings (SSSR count). The molecule has 1 aromatic carbocycles. The summed E-state index contributed by atoms with van der Waals surface area (Å²) in [5, 5.41) is 11.3. The van der Waals surface area contributed by atoms with Gasteiger partial charge in [-0.25, -0.2) is 0 Å². The van der Waals surface area contributed by atoms with Crippen LogP contribution in [0.2, 0.25) is 0 Å². The number of aliphatic hydroxyl groups is 1. The second-order valence-electron chi connectivity index (χ2n) is 6.20. The zero-order chi connectivity index (χ0) is 14.8. The van der Waals surface area contributed by atoms with Crippen molar-refractivity contribution in [2.45, 2.75) is 39.3 Å². The quantitative estimate of drug-likeness (QED) is 0.940. The van der Waals surface area contributed by atoms with Gasteiger partial charge < -0.3 is 5.11 Å². The van der Waals surface area contributed by atoms with Crippen LogP contribution in [0.25, 0.3) is 10.9 Å². The first-order chi connectivity index (χ1) is 10.2. The lowest BCUT2D eigenvalue weighted by molar-refractivity contribution is 0.0223. The first-order valence-electron chi connectivity index (χ1n) is 7.93. The fourth-order valence-corrected chi connectivity index (χ4v) is 3.41. The maximum absolute atomic E-state index is 10.0. The van der Waals surface area contributed by atoms with Crippen molar-refractivity contribution in [3.05, 3.63) is 41.6 Å². The molecule has 1 fully saturated rings. The van der Waals surface area contributed by atoms with Gasteiger partial charge in [0.15, 0.2) is 0 Å². The van der Waals surface area contributed by atoms with Crippen molar-refractivity contribution < 1.29 is 5.11 Å². The number of para-hydroxylation sites is 1. The molecule has 21 heavy (non-hydrogen) atoms. The second kappa shape index (κ2) is 6.12. The van der Waals surface area contributed by atoms with Crippen molar-refractivity contribution in [2.24, 2.45) is 5.92 Å². The van der Waals surface area contributed by atoms with Crippen LogP contribution in [-0.2, 0) is 6.54 Å². The number of rotatable bonds is 3. The van der Waals surface area contributed by atoms with Crippen LogP contribution in [0.4, 0.5) is 0 Å². The molecule has 3 nitrogen and oxygen atoms in total. The number of aromatic nitrogens is 1. The molecule has 0 saturated carbocycles. The smallest absolute Gasteiger partial charge is 0.0708 e. The van der Waals surface area contributed by atoms with E-state index in [-0.39, 0.29) is 6.10 Å². The Morgan fingerprint density at radius 1 is 1.33 bits per heavy atom. The van der Waals surface area contributed by atoms with E-state index >= 15 is 0 Å². The number of hydrogen-bond acceptors (Lipinski definition) is 3. The monoisotopic (exact) mass is 284 g/mol. The van der Waals surface area contributed by atoms with Gasteiger partial charge in [0.1, 0.15) is 0 Å². The van der Waals surface area contributed by atoms with Gasteiger partial charge in [-0.05, 0) is 43.4 Å². The Hall–Kier alpha value is -1.45. The van der Waals surface area contributed by atoms with E-state index in [1.807, 2.05) is 6.07 Å². The van der Waals surface area contributed by atoms with Gasteiger partial charge in [-0.15, -0.1) is 0 Å². The summed E-state index contributed by atoms with van der Waals surface area (Å²) < 4.78 is 0. The predicted molar refractivity (Wildman–Crippen MR) is 86.2 cm³/mol. The van der Waals surface area contributed by atoms with Gasteiger partial charge in [0.05, 0.1) is 11.6 Å². The molecule has 0 spiro atoms. The normalized spacial score (nSPS) is 23.6. The topological polar surface area (TPSA) is 36.4 Å². The summed E-state index contributed by atoms with van der Waals surface area (Å²) in [5.74, 6) is 0.410. The van der Waals surface area contributed by atoms with Crippen LogP contribution in [0.5, 0.6) is 0 Å². The van der Waals surface area contributed by atoms with E-state index in [1.54, 1.807) is 0 Å². The average Bonchev–Trinajstić information content (AvgIpc) is 2.49. The summed E-state index contributed by atoms with van der Waals surface area (Å²) in [6.45, 7) is 7.15. The molecule has 1 aliphatic heterocycles. The van der Waals surface area contributed by atoms with Crippen molar-refractivity contribution in [3.63, 3.8) is 0 Å². The molecule has 0 radical (unpaired) electrons. The van der Waals surface area contributed by atoms with Gasteiger partial charge in [0, 0.05) is 30.7 Å². The molecule has 1 aromatic heterocycles. The number of fused-ring (bicyclic) bond motifs is 1. The van der Waals surface area contributed by atoms with Gasteiger partial charge in [0.2, 0.25) is 0 Å². The molecule has 2 atom stereocenters. The number of hydrogen-bond donors (Lipinski definition) is 1. The van der Waals surface area contributed by atoms with Crippen molar-refractivity contribution in [3.8, 4) is 0 Å². The SMILES string of the molecule is CCC1CN(Cc2cc(C)nc3ccccc23)CCC1O. The molecule has 2 heterocycles. The lowest BCUT2D eigenvalue weighted by Crippen LogP contribution is -2.42. The second-order valence-corrected chi connectivity index (χ2v) is 6.20. The van der Waals surface area contributed by atoms with E-state index in [0.717, 1.165) is 43.7 Å². The number of likely N-dealkylation sites (tertiary alicyclic amines) is 1. The maximum atomic E-state index is 10.0. The van der Waals surface area contributed by atoms with E-state index < -0.39 is 0 Å². The third-order valence-electron chi connectivity index (χ3n) is 4.63. The molecule has 0 bridgehead atoms. The Labute approximate surface area is 126 Å². The molecule has 1 saturated heterocycles. The molecular weight excluding hydrogens is 260 g/mol. The first-order valence-corrected chi connectivity index (χ1v) is 7.93. The zero-order valence-corrected chi connectivity index (χ0v) is 12.9. The summed E-state index contributed by atoms with van der Waals surface area (Å²) in [6, 6.07) is 10.6. The third-order valence-corrected chi connectivity index (χ3v) is 4.63. The number of piperidine rings is 1. The van der Waals surface area contributed by atoms with E-state index in [9.17, 15) is 5.11 Å². The summed E-state index contributed by atoms with van der Waals surface area (Å²) in [5.41, 5.74) is 3.51. The Morgan fingerprint density at radius 2 is 2.14 bits per heavy atom. The highest BCUT2D eigenvalue weighted by Crippen LogP contribution is 2.24. The van der Waals surface area contributed by atoms with E-state index in [1.165, 1.54) is 10.9 Å². The minimum absolute atomic E-state index is 0.123. The predicted octanol–water partition coefficient (Wildman–Crippen LogP) is 3.14. The van der Waals surface area contributed by atoms with Crippen molar-refractivity contribution in [1.82, 2.24) is 9.88 Å². The molecule has 2 aromatic rings. The lowest BCUT2D eigenvalue weighted by Gasteiger charge is -2.36. The molecule has 1 aliphatic rings. The van der Waals surface area contributed by atoms with Gasteiger partial charge >= 0.3 is 0 Å². The maximum Gasteiger partial charge on any atom is 0.0708 e. The van der Waals surface area contributed by atoms with Crippen molar-refractivity contribution in [1.29, 1.82) is 0 Å². The Kier molecular flexibility index (Phi) is 4.22. The van der Waals surface area contributed by atoms with Crippen LogP contribution in [-0.4, -0.2) is 34.2 Å². The number of nitrogens with zero attached hydrogens (tertiary/aromatic N) is 2. The molecular formula is C18H24N2O. The molecule has 112 valence electrons. The molecule has 1 N–H and O–H groups in total. The summed E-state index contributed by atoms with van der Waals surface area (Å²) in [6.07, 6.45) is 1.82. The van der Waals surface area contributed by atoms with Gasteiger partial charge in [-0.2, -0.15) is 0 Å². The third kappa shape index (κ3) is 3.09. The van der Waals surface area contributed by atoms with E-state index in [4.69, 9.17) is 0 Å². The van der Waals surface area contributed by atoms with Crippen LogP contribution < -0.4 is 0 Å².